The van der Waals surface area contributed by atoms with Crippen molar-refractivity contribution < 1.29 is 4.42 Å². The number of hydrogen-bond donors (Lipinski definition) is 1. The SMILES string of the molecule is CCCCCCC(CN)N(C)Cc1ccoc1. The number of unbranched alkanes of at least 4 members (excludes halogenated alkanes) is 3. The van der Waals surface area contributed by atoms with Gasteiger partial charge in [-0.2, -0.15) is 0 Å². The van der Waals surface area contributed by atoms with Crippen molar-refractivity contribution in [1.82, 2.24) is 4.90 Å². The average Bonchev–Trinajstić information content (AvgIpc) is 2.82. The zero-order chi connectivity index (χ0) is 12.5. The lowest BCUT2D eigenvalue weighted by molar-refractivity contribution is 0.222. The molecule has 0 aromatic carbocycles. The number of likely N-dealkylation sites (N-methyl/N-ethyl adjacent to an activating group) is 1. The summed E-state index contributed by atoms with van der Waals surface area (Å²) in [6.07, 6.45) is 9.97. The van der Waals surface area contributed by atoms with Crippen molar-refractivity contribution in [2.24, 2.45) is 5.73 Å². The van der Waals surface area contributed by atoms with Crippen LogP contribution in [0.1, 0.15) is 44.6 Å². The number of hydrogen-bond acceptors (Lipinski definition) is 3. The fourth-order valence-corrected chi connectivity index (χ4v) is 2.12. The van der Waals surface area contributed by atoms with Gasteiger partial charge in [0.1, 0.15) is 0 Å². The molecule has 0 aliphatic carbocycles. The van der Waals surface area contributed by atoms with Crippen molar-refractivity contribution in [3.8, 4) is 0 Å². The molecule has 0 radical (unpaired) electrons. The topological polar surface area (TPSA) is 42.4 Å². The van der Waals surface area contributed by atoms with Crippen molar-refractivity contribution in [3.05, 3.63) is 24.2 Å². The predicted octanol–water partition coefficient (Wildman–Crippen LogP) is 3.01. The Morgan fingerprint density at radius 2 is 2.18 bits per heavy atom. The zero-order valence-corrected chi connectivity index (χ0v) is 11.2. The molecule has 1 unspecified atom stereocenters. The van der Waals surface area contributed by atoms with Crippen LogP contribution in [-0.2, 0) is 6.54 Å². The van der Waals surface area contributed by atoms with Crippen LogP contribution in [0.15, 0.2) is 23.0 Å². The summed E-state index contributed by atoms with van der Waals surface area (Å²) in [4.78, 5) is 2.33. The summed E-state index contributed by atoms with van der Waals surface area (Å²) in [5.41, 5.74) is 7.07. The zero-order valence-electron chi connectivity index (χ0n) is 11.2. The van der Waals surface area contributed by atoms with Crippen LogP contribution < -0.4 is 5.73 Å². The Labute approximate surface area is 105 Å². The minimum Gasteiger partial charge on any atom is -0.472 e. The van der Waals surface area contributed by atoms with Gasteiger partial charge in [0, 0.05) is 24.7 Å². The molecule has 0 aliphatic heterocycles. The van der Waals surface area contributed by atoms with Crippen LogP contribution in [0.4, 0.5) is 0 Å². The number of rotatable bonds is 9. The van der Waals surface area contributed by atoms with Crippen LogP contribution in [0.2, 0.25) is 0 Å². The Hall–Kier alpha value is -0.800. The molecule has 1 atom stereocenters. The molecule has 0 saturated carbocycles. The molecule has 98 valence electrons. The van der Waals surface area contributed by atoms with E-state index in [2.05, 4.69) is 18.9 Å². The quantitative estimate of drug-likeness (QED) is 0.672. The van der Waals surface area contributed by atoms with E-state index in [1.54, 1.807) is 12.5 Å². The summed E-state index contributed by atoms with van der Waals surface area (Å²) in [6.45, 7) is 3.90. The molecule has 1 aromatic rings. The van der Waals surface area contributed by atoms with Crippen LogP contribution in [0, 0.1) is 0 Å². The Morgan fingerprint density at radius 1 is 1.35 bits per heavy atom. The van der Waals surface area contributed by atoms with E-state index in [1.165, 1.54) is 37.7 Å². The molecule has 0 spiro atoms. The highest BCUT2D eigenvalue weighted by Gasteiger charge is 2.13. The van der Waals surface area contributed by atoms with Gasteiger partial charge in [0.05, 0.1) is 12.5 Å². The number of nitrogens with two attached hydrogens (primary N) is 1. The maximum absolute atomic E-state index is 5.85. The van der Waals surface area contributed by atoms with Gasteiger partial charge in [-0.1, -0.05) is 32.6 Å². The molecule has 17 heavy (non-hydrogen) atoms. The summed E-state index contributed by atoms with van der Waals surface area (Å²) in [6, 6.07) is 2.50. The van der Waals surface area contributed by atoms with Crippen molar-refractivity contribution >= 4 is 0 Å². The van der Waals surface area contributed by atoms with Gasteiger partial charge >= 0.3 is 0 Å². The molecule has 3 nitrogen and oxygen atoms in total. The van der Waals surface area contributed by atoms with E-state index in [-0.39, 0.29) is 0 Å². The van der Waals surface area contributed by atoms with Crippen LogP contribution >= 0.6 is 0 Å². The molecule has 3 heteroatoms. The molecular weight excluding hydrogens is 212 g/mol. The average molecular weight is 238 g/mol. The summed E-state index contributed by atoms with van der Waals surface area (Å²) < 4.78 is 5.08. The Balaban J connectivity index is 2.28. The first kappa shape index (κ1) is 14.3. The van der Waals surface area contributed by atoms with Gasteiger partial charge in [0.25, 0.3) is 0 Å². The van der Waals surface area contributed by atoms with E-state index in [0.717, 1.165) is 13.1 Å². The van der Waals surface area contributed by atoms with Crippen molar-refractivity contribution in [2.45, 2.75) is 51.6 Å². The van der Waals surface area contributed by atoms with Crippen molar-refractivity contribution in [2.75, 3.05) is 13.6 Å². The molecular formula is C14H26N2O. The molecule has 1 heterocycles. The standard InChI is InChI=1S/C14H26N2O/c1-3-4-5-6-7-14(10-15)16(2)11-13-8-9-17-12-13/h8-9,12,14H,3-7,10-11,15H2,1-2H3. The molecule has 0 amide bonds. The lowest BCUT2D eigenvalue weighted by Crippen LogP contribution is -2.37. The third-order valence-electron chi connectivity index (χ3n) is 3.30. The summed E-state index contributed by atoms with van der Waals surface area (Å²) in [5, 5.41) is 0. The van der Waals surface area contributed by atoms with E-state index >= 15 is 0 Å². The monoisotopic (exact) mass is 238 g/mol. The minimum atomic E-state index is 0.488. The van der Waals surface area contributed by atoms with Crippen LogP contribution in [0.3, 0.4) is 0 Å². The van der Waals surface area contributed by atoms with Gasteiger partial charge < -0.3 is 10.2 Å². The van der Waals surface area contributed by atoms with Crippen LogP contribution in [0.5, 0.6) is 0 Å². The second-order valence-electron chi connectivity index (χ2n) is 4.79. The van der Waals surface area contributed by atoms with Gasteiger partial charge in [0.15, 0.2) is 0 Å². The van der Waals surface area contributed by atoms with E-state index in [1.807, 2.05) is 6.07 Å². The van der Waals surface area contributed by atoms with Crippen LogP contribution in [-0.4, -0.2) is 24.5 Å². The van der Waals surface area contributed by atoms with Gasteiger partial charge in [-0.3, -0.25) is 4.90 Å². The third-order valence-corrected chi connectivity index (χ3v) is 3.30. The summed E-state index contributed by atoms with van der Waals surface area (Å²) >= 11 is 0. The molecule has 0 aliphatic rings. The highest BCUT2D eigenvalue weighted by atomic mass is 16.3. The molecule has 0 bridgehead atoms. The minimum absolute atomic E-state index is 0.488. The Kier molecular flexibility index (Phi) is 6.97. The molecule has 1 rings (SSSR count). The normalized spacial score (nSPS) is 13.2. The maximum atomic E-state index is 5.85. The molecule has 0 fully saturated rings. The van der Waals surface area contributed by atoms with Gasteiger partial charge in [-0.15, -0.1) is 0 Å². The molecule has 2 N–H and O–H groups in total. The fourth-order valence-electron chi connectivity index (χ4n) is 2.12. The van der Waals surface area contributed by atoms with E-state index in [9.17, 15) is 0 Å². The molecule has 0 saturated heterocycles. The lowest BCUT2D eigenvalue weighted by Gasteiger charge is -2.26. The first-order valence-electron chi connectivity index (χ1n) is 6.69. The predicted molar refractivity (Wildman–Crippen MR) is 71.8 cm³/mol. The van der Waals surface area contributed by atoms with E-state index in [0.29, 0.717) is 6.04 Å². The van der Waals surface area contributed by atoms with Crippen molar-refractivity contribution in [3.63, 3.8) is 0 Å². The number of furan rings is 1. The molecule has 1 aromatic heterocycles. The summed E-state index contributed by atoms with van der Waals surface area (Å²) in [7, 11) is 2.14. The first-order valence-corrected chi connectivity index (χ1v) is 6.69. The first-order chi connectivity index (χ1) is 8.27. The van der Waals surface area contributed by atoms with Crippen LogP contribution in [0.25, 0.3) is 0 Å². The number of nitrogens with zero attached hydrogens (tertiary/aromatic N) is 1. The van der Waals surface area contributed by atoms with E-state index < -0.39 is 0 Å². The highest BCUT2D eigenvalue weighted by molar-refractivity contribution is 5.05. The second-order valence-corrected chi connectivity index (χ2v) is 4.79. The van der Waals surface area contributed by atoms with Gasteiger partial charge in [-0.25, -0.2) is 0 Å². The van der Waals surface area contributed by atoms with Gasteiger partial charge in [0.2, 0.25) is 0 Å². The lowest BCUT2D eigenvalue weighted by atomic mass is 10.1. The highest BCUT2D eigenvalue weighted by Crippen LogP contribution is 2.12. The summed E-state index contributed by atoms with van der Waals surface area (Å²) in [5.74, 6) is 0. The van der Waals surface area contributed by atoms with Crippen molar-refractivity contribution in [1.29, 1.82) is 0 Å². The Bertz CT molecular complexity index is 272. The fraction of sp³-hybridized carbons (Fsp3) is 0.714. The largest absolute Gasteiger partial charge is 0.472 e. The second kappa shape index (κ2) is 8.31. The third kappa shape index (κ3) is 5.37. The Morgan fingerprint density at radius 3 is 2.76 bits per heavy atom. The van der Waals surface area contributed by atoms with E-state index in [4.69, 9.17) is 10.2 Å². The maximum Gasteiger partial charge on any atom is 0.0947 e. The van der Waals surface area contributed by atoms with Gasteiger partial charge in [-0.05, 0) is 19.5 Å². The smallest absolute Gasteiger partial charge is 0.0947 e.